The third-order valence-electron chi connectivity index (χ3n) is 7.92. The summed E-state index contributed by atoms with van der Waals surface area (Å²) >= 11 is 1.69. The molecular formula is C37H41N3O3S. The zero-order chi connectivity index (χ0) is 30.7. The van der Waals surface area contributed by atoms with Crippen LogP contribution in [0.25, 0.3) is 10.4 Å². The molecule has 0 aliphatic rings. The number of aromatic amines is 1. The molecule has 5 rings (SSSR count). The van der Waals surface area contributed by atoms with E-state index in [9.17, 15) is 9.90 Å². The molecule has 7 heteroatoms. The Morgan fingerprint density at radius 3 is 2.27 bits per heavy atom. The van der Waals surface area contributed by atoms with Crippen LogP contribution in [-0.4, -0.2) is 32.5 Å². The van der Waals surface area contributed by atoms with Gasteiger partial charge < -0.3 is 14.8 Å². The Labute approximate surface area is 264 Å². The molecule has 0 saturated heterocycles. The van der Waals surface area contributed by atoms with Crippen molar-refractivity contribution >= 4 is 17.3 Å². The van der Waals surface area contributed by atoms with Crippen LogP contribution in [0.4, 0.5) is 0 Å². The molecular weight excluding hydrogens is 566 g/mol. The lowest BCUT2D eigenvalue weighted by Crippen LogP contribution is -2.34. The molecule has 228 valence electrons. The van der Waals surface area contributed by atoms with E-state index >= 15 is 0 Å². The van der Waals surface area contributed by atoms with Crippen LogP contribution in [0.15, 0.2) is 104 Å². The quantitative estimate of drug-likeness (QED) is 0.117. The topological polar surface area (TPSA) is 78.4 Å². The minimum absolute atomic E-state index is 0.0959. The monoisotopic (exact) mass is 607 g/mol. The fourth-order valence-corrected chi connectivity index (χ4v) is 6.85. The molecule has 0 saturated carbocycles. The first-order valence-corrected chi connectivity index (χ1v) is 16.3. The van der Waals surface area contributed by atoms with E-state index in [2.05, 4.69) is 84.5 Å². The van der Waals surface area contributed by atoms with Crippen LogP contribution in [-0.2, 0) is 17.9 Å². The predicted molar refractivity (Wildman–Crippen MR) is 178 cm³/mol. The van der Waals surface area contributed by atoms with E-state index in [-0.39, 0.29) is 12.6 Å². The summed E-state index contributed by atoms with van der Waals surface area (Å²) in [5.74, 6) is 0.654. The highest BCUT2D eigenvalue weighted by Crippen LogP contribution is 2.33. The van der Waals surface area contributed by atoms with E-state index in [1.165, 1.54) is 31.2 Å². The van der Waals surface area contributed by atoms with Gasteiger partial charge in [0.1, 0.15) is 12.4 Å². The fourth-order valence-electron chi connectivity index (χ4n) is 5.81. The summed E-state index contributed by atoms with van der Waals surface area (Å²) in [4.78, 5) is 23.5. The Kier molecular flexibility index (Phi) is 11.0. The molecule has 0 radical (unpaired) electrons. The summed E-state index contributed by atoms with van der Waals surface area (Å²) < 4.78 is 6.10. The molecule has 3 aromatic carbocycles. The number of nitrogens with zero attached hydrogens (tertiary/aromatic N) is 2. The van der Waals surface area contributed by atoms with Gasteiger partial charge in [-0.25, -0.2) is 4.98 Å². The average Bonchev–Trinajstić information content (AvgIpc) is 3.74. The highest BCUT2D eigenvalue weighted by molar-refractivity contribution is 7.15. The number of aliphatic carboxylic acids is 1. The van der Waals surface area contributed by atoms with Gasteiger partial charge in [0.25, 0.3) is 0 Å². The number of carboxylic acids is 1. The van der Waals surface area contributed by atoms with Crippen LogP contribution in [0.5, 0.6) is 5.75 Å². The van der Waals surface area contributed by atoms with Gasteiger partial charge in [-0.1, -0.05) is 93.4 Å². The number of aromatic nitrogens is 2. The number of hydrogen-bond donors (Lipinski definition) is 2. The van der Waals surface area contributed by atoms with Crippen molar-refractivity contribution in [1.82, 2.24) is 14.9 Å². The van der Waals surface area contributed by atoms with Gasteiger partial charge in [-0.3, -0.25) is 9.69 Å². The fraction of sp³-hybridized carbons (Fsp3) is 0.297. The smallest absolute Gasteiger partial charge is 0.317 e. The standard InChI is InChI=1S/C37H41N3O3S/c1-3-8-28(9-4-2)29-16-18-32(19-17-29)43-25-27-12-14-30(15-13-27)35-21-20-33(44-35)23-40(24-36(41)42)37(34-22-38-26-39-34)31-10-6-5-7-11-31/h5-7,10-22,26,28,37H,3-4,8-9,23-25H2,1-2H3,(H,38,39)(H,41,42). The van der Waals surface area contributed by atoms with Gasteiger partial charge in [-0.05, 0) is 65.3 Å². The molecule has 2 heterocycles. The highest BCUT2D eigenvalue weighted by atomic mass is 32.1. The Hall–Kier alpha value is -4.20. The van der Waals surface area contributed by atoms with E-state index in [1.807, 2.05) is 35.2 Å². The van der Waals surface area contributed by atoms with Gasteiger partial charge in [-0.2, -0.15) is 0 Å². The number of nitrogens with one attached hydrogen (secondary N) is 1. The van der Waals surface area contributed by atoms with Gasteiger partial charge in [0, 0.05) is 22.5 Å². The van der Waals surface area contributed by atoms with Crippen molar-refractivity contribution < 1.29 is 14.6 Å². The highest BCUT2D eigenvalue weighted by Gasteiger charge is 2.26. The molecule has 6 nitrogen and oxygen atoms in total. The van der Waals surface area contributed by atoms with E-state index in [1.54, 1.807) is 23.9 Å². The molecule has 1 atom stereocenters. The van der Waals surface area contributed by atoms with E-state index in [4.69, 9.17) is 4.74 Å². The van der Waals surface area contributed by atoms with Gasteiger partial charge in [0.15, 0.2) is 0 Å². The second-order valence-corrected chi connectivity index (χ2v) is 12.4. The van der Waals surface area contributed by atoms with Crippen molar-refractivity contribution in [2.24, 2.45) is 0 Å². The molecule has 5 aromatic rings. The molecule has 0 spiro atoms. The molecule has 0 aliphatic heterocycles. The lowest BCUT2D eigenvalue weighted by molar-refractivity contribution is -0.138. The number of hydrogen-bond acceptors (Lipinski definition) is 5. The maximum absolute atomic E-state index is 11.9. The third kappa shape index (κ3) is 8.24. The average molecular weight is 608 g/mol. The molecule has 2 N–H and O–H groups in total. The maximum Gasteiger partial charge on any atom is 0.317 e. The zero-order valence-corrected chi connectivity index (χ0v) is 26.3. The van der Waals surface area contributed by atoms with Gasteiger partial charge in [0.05, 0.1) is 24.6 Å². The third-order valence-corrected chi connectivity index (χ3v) is 9.04. The molecule has 0 amide bonds. The van der Waals surface area contributed by atoms with E-state index < -0.39 is 5.97 Å². The lowest BCUT2D eigenvalue weighted by Gasteiger charge is -2.29. The largest absolute Gasteiger partial charge is 0.489 e. The second kappa shape index (κ2) is 15.5. The number of H-pyrrole nitrogens is 1. The Bertz CT molecular complexity index is 1560. The van der Waals surface area contributed by atoms with Crippen LogP contribution < -0.4 is 4.74 Å². The summed E-state index contributed by atoms with van der Waals surface area (Å²) in [6.45, 7) is 5.43. The van der Waals surface area contributed by atoms with Crippen LogP contribution in [0.2, 0.25) is 0 Å². The number of carbonyl (C=O) groups is 1. The van der Waals surface area contributed by atoms with Crippen LogP contribution in [0.1, 0.15) is 78.8 Å². The molecule has 0 aliphatic carbocycles. The summed E-state index contributed by atoms with van der Waals surface area (Å²) in [5.41, 5.74) is 5.53. The van der Waals surface area contributed by atoms with Crippen molar-refractivity contribution in [3.63, 3.8) is 0 Å². The minimum atomic E-state index is -0.867. The van der Waals surface area contributed by atoms with Crippen LogP contribution in [0.3, 0.4) is 0 Å². The number of thiophene rings is 1. The van der Waals surface area contributed by atoms with Gasteiger partial charge in [0.2, 0.25) is 0 Å². The molecule has 0 bridgehead atoms. The number of rotatable bonds is 16. The Morgan fingerprint density at radius 2 is 1.64 bits per heavy atom. The van der Waals surface area contributed by atoms with Crippen molar-refractivity contribution in [3.8, 4) is 16.2 Å². The Balaban J connectivity index is 1.24. The zero-order valence-electron chi connectivity index (χ0n) is 25.5. The van der Waals surface area contributed by atoms with Crippen LogP contribution in [0, 0.1) is 0 Å². The second-order valence-electron chi connectivity index (χ2n) is 11.2. The first-order valence-electron chi connectivity index (χ1n) is 15.4. The summed E-state index contributed by atoms with van der Waals surface area (Å²) in [6, 6.07) is 31.0. The van der Waals surface area contributed by atoms with E-state index in [0.717, 1.165) is 37.9 Å². The summed E-state index contributed by atoms with van der Waals surface area (Å²) in [5, 5.41) is 9.78. The number of imidazole rings is 1. The number of ether oxygens (including phenoxy) is 1. The Morgan fingerprint density at radius 1 is 0.909 bits per heavy atom. The normalized spacial score (nSPS) is 12.1. The van der Waals surface area contributed by atoms with Gasteiger partial charge >= 0.3 is 5.97 Å². The predicted octanol–water partition coefficient (Wildman–Crippen LogP) is 9.08. The first-order chi connectivity index (χ1) is 21.5. The van der Waals surface area contributed by atoms with Crippen molar-refractivity contribution in [2.75, 3.05) is 6.54 Å². The SMILES string of the molecule is CCCC(CCC)c1ccc(OCc2ccc(-c3ccc(CN(CC(=O)O)C(c4ccccc4)c4cnc[nH]4)s3)cc2)cc1. The number of carboxylic acid groups (broad SMARTS) is 1. The first kappa shape index (κ1) is 31.2. The summed E-state index contributed by atoms with van der Waals surface area (Å²) in [7, 11) is 0. The van der Waals surface area contributed by atoms with Crippen molar-refractivity contribution in [3.05, 3.63) is 131 Å². The van der Waals surface area contributed by atoms with Crippen LogP contribution >= 0.6 is 11.3 Å². The van der Waals surface area contributed by atoms with Crippen molar-refractivity contribution in [1.29, 1.82) is 0 Å². The lowest BCUT2D eigenvalue weighted by atomic mass is 9.90. The van der Waals surface area contributed by atoms with Gasteiger partial charge in [-0.15, -0.1) is 11.3 Å². The number of benzene rings is 3. The molecule has 2 aromatic heterocycles. The summed E-state index contributed by atoms with van der Waals surface area (Å²) in [6.07, 6.45) is 8.27. The molecule has 0 fully saturated rings. The van der Waals surface area contributed by atoms with Crippen molar-refractivity contribution in [2.45, 2.75) is 64.6 Å². The van der Waals surface area contributed by atoms with E-state index in [0.29, 0.717) is 19.1 Å². The molecule has 1 unspecified atom stereocenters. The molecule has 44 heavy (non-hydrogen) atoms. The maximum atomic E-state index is 11.9. The minimum Gasteiger partial charge on any atom is -0.489 e.